The van der Waals surface area contributed by atoms with E-state index >= 15 is 0 Å². The van der Waals surface area contributed by atoms with Crippen LogP contribution in [0.4, 0.5) is 0 Å². The summed E-state index contributed by atoms with van der Waals surface area (Å²) in [6.45, 7) is 5.48. The Bertz CT molecular complexity index is 527. The number of amides is 1. The van der Waals surface area contributed by atoms with Gasteiger partial charge in [0.15, 0.2) is 0 Å². The molecule has 1 aromatic rings. The number of nitrogens with one attached hydrogen (secondary N) is 1. The lowest BCUT2D eigenvalue weighted by Gasteiger charge is -2.20. The van der Waals surface area contributed by atoms with Crippen molar-refractivity contribution in [2.45, 2.75) is 19.9 Å². The summed E-state index contributed by atoms with van der Waals surface area (Å²) in [5, 5.41) is 11.4. The van der Waals surface area contributed by atoms with Crippen molar-refractivity contribution in [1.29, 1.82) is 0 Å². The third kappa shape index (κ3) is 6.18. The fourth-order valence-corrected chi connectivity index (χ4v) is 1.55. The van der Waals surface area contributed by atoms with Gasteiger partial charge in [-0.3, -0.25) is 9.78 Å². The summed E-state index contributed by atoms with van der Waals surface area (Å²) in [4.78, 5) is 28.5. The summed E-state index contributed by atoms with van der Waals surface area (Å²) < 4.78 is 0. The lowest BCUT2D eigenvalue weighted by molar-refractivity contribution is -0.131. The number of rotatable bonds is 7. The zero-order valence-electron chi connectivity index (χ0n) is 12.5. The van der Waals surface area contributed by atoms with Gasteiger partial charge in [0.05, 0.1) is 5.56 Å². The zero-order valence-corrected chi connectivity index (χ0v) is 12.5. The highest BCUT2D eigenvalue weighted by atomic mass is 16.4. The van der Waals surface area contributed by atoms with E-state index in [9.17, 15) is 9.59 Å². The molecule has 1 rings (SSSR count). The number of carboxylic acid groups (broad SMARTS) is 1. The Balaban J connectivity index is 2.58. The van der Waals surface area contributed by atoms with Crippen LogP contribution >= 0.6 is 0 Å². The van der Waals surface area contributed by atoms with Crippen LogP contribution in [0.2, 0.25) is 0 Å². The highest BCUT2D eigenvalue weighted by Crippen LogP contribution is 2.05. The van der Waals surface area contributed by atoms with Crippen LogP contribution < -0.4 is 5.32 Å². The van der Waals surface area contributed by atoms with Crippen molar-refractivity contribution in [3.8, 4) is 0 Å². The predicted molar refractivity (Wildman–Crippen MR) is 81.0 cm³/mol. The summed E-state index contributed by atoms with van der Waals surface area (Å²) in [6, 6.07) is 2.03. The van der Waals surface area contributed by atoms with Gasteiger partial charge >= 0.3 is 5.97 Å². The second-order valence-electron chi connectivity index (χ2n) is 5.01. The predicted octanol–water partition coefficient (Wildman–Crippen LogP) is 1.25. The number of aromatic nitrogens is 1. The first-order valence-corrected chi connectivity index (χ1v) is 6.74. The minimum atomic E-state index is -1.04. The summed E-state index contributed by atoms with van der Waals surface area (Å²) in [7, 11) is 2.00. The number of nitrogens with zero attached hydrogens (tertiary/aromatic N) is 2. The molecule has 0 unspecified atom stereocenters. The van der Waals surface area contributed by atoms with Gasteiger partial charge in [-0.25, -0.2) is 4.79 Å². The highest BCUT2D eigenvalue weighted by Gasteiger charge is 2.07. The minimum Gasteiger partial charge on any atom is -0.478 e. The average molecular weight is 291 g/mol. The third-order valence-corrected chi connectivity index (χ3v) is 3.07. The van der Waals surface area contributed by atoms with Gasteiger partial charge in [-0.05, 0) is 38.6 Å². The van der Waals surface area contributed by atoms with E-state index in [2.05, 4.69) is 29.0 Å². The number of hydrogen-bond acceptors (Lipinski definition) is 4. The van der Waals surface area contributed by atoms with Crippen molar-refractivity contribution in [3.63, 3.8) is 0 Å². The number of hydrogen-bond donors (Lipinski definition) is 2. The molecule has 0 aliphatic carbocycles. The molecule has 6 heteroatoms. The molecule has 0 aliphatic rings. The maximum atomic E-state index is 12.0. The van der Waals surface area contributed by atoms with E-state index < -0.39 is 5.97 Å². The largest absolute Gasteiger partial charge is 0.478 e. The first-order chi connectivity index (χ1) is 9.90. The number of carbonyl (C=O) groups is 2. The number of pyridine rings is 1. The smallest absolute Gasteiger partial charge is 0.328 e. The number of aliphatic carboxylic acids is 1. The van der Waals surface area contributed by atoms with Crippen molar-refractivity contribution < 1.29 is 14.7 Å². The summed E-state index contributed by atoms with van der Waals surface area (Å²) >= 11 is 0. The molecule has 1 aromatic heterocycles. The van der Waals surface area contributed by atoms with Gasteiger partial charge < -0.3 is 15.3 Å². The Morgan fingerprint density at radius 3 is 2.76 bits per heavy atom. The van der Waals surface area contributed by atoms with Crippen LogP contribution in [0.3, 0.4) is 0 Å². The SMILES string of the molecule is CC(C)N(C)CCNC(=O)c1cncc(C=CC(=O)O)c1. The number of carboxylic acids is 1. The summed E-state index contributed by atoms with van der Waals surface area (Å²) in [6.07, 6.45) is 5.37. The van der Waals surface area contributed by atoms with Crippen molar-refractivity contribution in [1.82, 2.24) is 15.2 Å². The molecule has 0 atom stereocenters. The lowest BCUT2D eigenvalue weighted by atomic mass is 10.2. The minimum absolute atomic E-state index is 0.217. The monoisotopic (exact) mass is 291 g/mol. The molecular formula is C15H21N3O3. The fourth-order valence-electron chi connectivity index (χ4n) is 1.55. The zero-order chi connectivity index (χ0) is 15.8. The quantitative estimate of drug-likeness (QED) is 0.739. The van der Waals surface area contributed by atoms with Crippen LogP contribution in [0.5, 0.6) is 0 Å². The van der Waals surface area contributed by atoms with Crippen LogP contribution in [-0.4, -0.2) is 53.0 Å². The van der Waals surface area contributed by atoms with Crippen molar-refractivity contribution >= 4 is 18.0 Å². The molecule has 0 aliphatic heterocycles. The van der Waals surface area contributed by atoms with E-state index in [1.54, 1.807) is 6.07 Å². The van der Waals surface area contributed by atoms with E-state index in [4.69, 9.17) is 5.11 Å². The van der Waals surface area contributed by atoms with E-state index in [0.29, 0.717) is 23.7 Å². The fraction of sp³-hybridized carbons (Fsp3) is 0.400. The summed E-state index contributed by atoms with van der Waals surface area (Å²) in [5.41, 5.74) is 0.985. The number of likely N-dealkylation sites (N-methyl/N-ethyl adjacent to an activating group) is 1. The van der Waals surface area contributed by atoms with E-state index in [1.807, 2.05) is 7.05 Å². The average Bonchev–Trinajstić information content (AvgIpc) is 2.45. The molecular weight excluding hydrogens is 270 g/mol. The highest BCUT2D eigenvalue weighted by molar-refractivity contribution is 5.94. The van der Waals surface area contributed by atoms with E-state index in [1.165, 1.54) is 18.5 Å². The molecule has 0 fully saturated rings. The molecule has 0 saturated carbocycles. The Kier molecular flexibility index (Phi) is 6.55. The summed E-state index contributed by atoms with van der Waals surface area (Å²) in [5.74, 6) is -1.26. The topological polar surface area (TPSA) is 82.5 Å². The van der Waals surface area contributed by atoms with Gasteiger partial charge in [0.1, 0.15) is 0 Å². The molecule has 6 nitrogen and oxygen atoms in total. The molecule has 0 spiro atoms. The maximum absolute atomic E-state index is 12.0. The molecule has 21 heavy (non-hydrogen) atoms. The van der Waals surface area contributed by atoms with Crippen molar-refractivity contribution in [2.24, 2.45) is 0 Å². The Morgan fingerprint density at radius 1 is 1.43 bits per heavy atom. The van der Waals surface area contributed by atoms with Crippen LogP contribution in [-0.2, 0) is 4.79 Å². The maximum Gasteiger partial charge on any atom is 0.328 e. The van der Waals surface area contributed by atoms with Crippen LogP contribution in [0.25, 0.3) is 6.08 Å². The van der Waals surface area contributed by atoms with Gasteiger partial charge in [-0.15, -0.1) is 0 Å². The first kappa shape index (κ1) is 16.8. The normalized spacial score (nSPS) is 11.3. The molecule has 0 saturated heterocycles. The van der Waals surface area contributed by atoms with Gasteiger partial charge in [0.25, 0.3) is 5.91 Å². The second kappa shape index (κ2) is 8.16. The van der Waals surface area contributed by atoms with Crippen LogP contribution in [0.1, 0.15) is 29.8 Å². The van der Waals surface area contributed by atoms with Crippen LogP contribution in [0.15, 0.2) is 24.5 Å². The van der Waals surface area contributed by atoms with Gasteiger partial charge in [-0.2, -0.15) is 0 Å². The van der Waals surface area contributed by atoms with Crippen molar-refractivity contribution in [2.75, 3.05) is 20.1 Å². The third-order valence-electron chi connectivity index (χ3n) is 3.07. The van der Waals surface area contributed by atoms with E-state index in [-0.39, 0.29) is 5.91 Å². The molecule has 114 valence electrons. The molecule has 0 radical (unpaired) electrons. The molecule has 0 aromatic carbocycles. The van der Waals surface area contributed by atoms with Crippen molar-refractivity contribution in [3.05, 3.63) is 35.7 Å². The Hall–Kier alpha value is -2.21. The number of carbonyl (C=O) groups excluding carboxylic acids is 1. The lowest BCUT2D eigenvalue weighted by Crippen LogP contribution is -2.36. The Labute approximate surface area is 124 Å². The first-order valence-electron chi connectivity index (χ1n) is 6.74. The molecule has 2 N–H and O–H groups in total. The van der Waals surface area contributed by atoms with Gasteiger partial charge in [0, 0.05) is 37.6 Å². The van der Waals surface area contributed by atoms with Gasteiger partial charge in [0.2, 0.25) is 0 Å². The Morgan fingerprint density at radius 2 is 2.14 bits per heavy atom. The molecule has 1 heterocycles. The van der Waals surface area contributed by atoms with E-state index in [0.717, 1.165) is 12.6 Å². The van der Waals surface area contributed by atoms with Crippen LogP contribution in [0, 0.1) is 0 Å². The molecule has 1 amide bonds. The molecule has 0 bridgehead atoms. The van der Waals surface area contributed by atoms with Gasteiger partial charge in [-0.1, -0.05) is 0 Å². The second-order valence-corrected chi connectivity index (χ2v) is 5.01. The standard InChI is InChI=1S/C15H21N3O3/c1-11(2)18(3)7-6-17-15(21)13-8-12(9-16-10-13)4-5-14(19)20/h4-5,8-11H,6-7H2,1-3H3,(H,17,21)(H,19,20).